The maximum absolute atomic E-state index is 5.25. The summed E-state index contributed by atoms with van der Waals surface area (Å²) in [6, 6.07) is 80.3. The minimum Gasteiger partial charge on any atom is -0.311 e. The third-order valence-electron chi connectivity index (χ3n) is 11.4. The van der Waals surface area contributed by atoms with Gasteiger partial charge in [0.15, 0.2) is 0 Å². The molecule has 10 aromatic rings. The molecule has 316 valence electrons. The van der Waals surface area contributed by atoms with Crippen molar-refractivity contribution in [2.24, 2.45) is 0 Å². The fraction of sp³-hybridized carbons (Fsp3) is 0. The second-order valence-corrected chi connectivity index (χ2v) is 17.5. The van der Waals surface area contributed by atoms with Crippen LogP contribution in [0.4, 0.5) is 34.1 Å². The van der Waals surface area contributed by atoms with Gasteiger partial charge in [0, 0.05) is 54.2 Å². The highest BCUT2D eigenvalue weighted by Crippen LogP contribution is 2.38. The second kappa shape index (κ2) is 19.6. The normalized spacial score (nSPS) is 11.4. The molecule has 0 N–H and O–H groups in total. The zero-order valence-electron chi connectivity index (χ0n) is 35.8. The van der Waals surface area contributed by atoms with Crippen molar-refractivity contribution in [3.8, 4) is 22.5 Å². The Hall–Kier alpha value is -7.64. The number of anilines is 6. The Morgan fingerprint density at radius 2 is 0.515 bits per heavy atom. The van der Waals surface area contributed by atoms with E-state index in [-0.39, 0.29) is 0 Å². The minimum absolute atomic E-state index is 0.801. The molecular formula is C60H42Br2N4. The van der Waals surface area contributed by atoms with Crippen LogP contribution in [-0.4, -0.2) is 9.97 Å². The maximum Gasteiger partial charge on any atom is 0.105 e. The van der Waals surface area contributed by atoms with Gasteiger partial charge < -0.3 is 9.80 Å². The summed E-state index contributed by atoms with van der Waals surface area (Å²) in [4.78, 5) is 15.0. The number of aromatic nitrogens is 2. The van der Waals surface area contributed by atoms with E-state index in [1.165, 1.54) is 0 Å². The third kappa shape index (κ3) is 9.43. The number of rotatable bonds is 12. The van der Waals surface area contributed by atoms with Crippen LogP contribution < -0.4 is 9.80 Å². The van der Waals surface area contributed by atoms with E-state index in [4.69, 9.17) is 9.97 Å². The van der Waals surface area contributed by atoms with E-state index in [1.807, 2.05) is 36.4 Å². The van der Waals surface area contributed by atoms with Gasteiger partial charge in [0.2, 0.25) is 0 Å². The number of benzene rings is 9. The van der Waals surface area contributed by atoms with Crippen molar-refractivity contribution in [2.75, 3.05) is 9.80 Å². The first-order chi connectivity index (χ1) is 32.5. The van der Waals surface area contributed by atoms with Crippen molar-refractivity contribution in [1.82, 2.24) is 9.97 Å². The number of fused-ring (bicyclic) bond motifs is 1. The third-order valence-corrected chi connectivity index (χ3v) is 12.7. The van der Waals surface area contributed by atoms with Crippen molar-refractivity contribution in [3.05, 3.63) is 262 Å². The van der Waals surface area contributed by atoms with E-state index in [0.29, 0.717) is 0 Å². The first-order valence-corrected chi connectivity index (χ1v) is 23.4. The van der Waals surface area contributed by atoms with Gasteiger partial charge in [0.05, 0.1) is 11.4 Å². The number of halogens is 2. The molecule has 1 heterocycles. The largest absolute Gasteiger partial charge is 0.311 e. The van der Waals surface area contributed by atoms with Crippen LogP contribution >= 0.6 is 31.9 Å². The fourth-order valence-electron chi connectivity index (χ4n) is 8.04. The van der Waals surface area contributed by atoms with Crippen LogP contribution in [0.15, 0.2) is 239 Å². The SMILES string of the molecule is Brc1ccc(Br)c2nc(-c3ccc(/C=C/c4ccc(N(c5ccccc5)c5ccccc5)cc4)cc3)c(-c3ccc(/C=C/c4ccc(N(c5ccccc5)c5ccccc5)cc4)cc3)nc12. The molecule has 6 heteroatoms. The minimum atomic E-state index is 0.801. The molecule has 1 aromatic heterocycles. The molecule has 0 radical (unpaired) electrons. The van der Waals surface area contributed by atoms with Crippen LogP contribution in [0.25, 0.3) is 57.9 Å². The Balaban J connectivity index is 0.885. The number of hydrogen-bond donors (Lipinski definition) is 0. The van der Waals surface area contributed by atoms with E-state index in [2.05, 4.69) is 260 Å². The van der Waals surface area contributed by atoms with Gasteiger partial charge in [-0.3, -0.25) is 0 Å². The average molecular weight is 979 g/mol. The molecule has 0 saturated heterocycles. The average Bonchev–Trinajstić information content (AvgIpc) is 3.38. The fourth-order valence-corrected chi connectivity index (χ4v) is 8.85. The highest BCUT2D eigenvalue weighted by molar-refractivity contribution is 9.11. The van der Waals surface area contributed by atoms with Gasteiger partial charge in [-0.05, 0) is 139 Å². The number of nitrogens with zero attached hydrogens (tertiary/aromatic N) is 4. The first-order valence-electron chi connectivity index (χ1n) is 21.8. The number of hydrogen-bond acceptors (Lipinski definition) is 4. The van der Waals surface area contributed by atoms with E-state index in [0.717, 1.165) is 98.9 Å². The second-order valence-electron chi connectivity index (χ2n) is 15.8. The predicted octanol–water partition coefficient (Wildman–Crippen LogP) is 17.8. The van der Waals surface area contributed by atoms with Crippen molar-refractivity contribution in [2.45, 2.75) is 0 Å². The molecule has 66 heavy (non-hydrogen) atoms. The van der Waals surface area contributed by atoms with Crippen LogP contribution in [0.2, 0.25) is 0 Å². The highest BCUT2D eigenvalue weighted by atomic mass is 79.9. The molecule has 0 aliphatic carbocycles. The van der Waals surface area contributed by atoms with Gasteiger partial charge in [-0.15, -0.1) is 0 Å². The van der Waals surface area contributed by atoms with E-state index >= 15 is 0 Å². The van der Waals surface area contributed by atoms with Crippen molar-refractivity contribution in [3.63, 3.8) is 0 Å². The van der Waals surface area contributed by atoms with Gasteiger partial charge in [0.1, 0.15) is 11.0 Å². The first kappa shape index (κ1) is 42.3. The summed E-state index contributed by atoms with van der Waals surface area (Å²) in [5.41, 5.74) is 16.3. The van der Waals surface area contributed by atoms with Crippen LogP contribution in [0.5, 0.6) is 0 Å². The molecule has 0 spiro atoms. The molecule has 0 saturated carbocycles. The number of para-hydroxylation sites is 4. The summed E-state index contributed by atoms with van der Waals surface area (Å²) in [7, 11) is 0. The summed E-state index contributed by atoms with van der Waals surface area (Å²) in [6.07, 6.45) is 8.60. The van der Waals surface area contributed by atoms with Gasteiger partial charge in [0.25, 0.3) is 0 Å². The van der Waals surface area contributed by atoms with E-state index in [1.54, 1.807) is 0 Å². The molecule has 0 aliphatic rings. The van der Waals surface area contributed by atoms with Gasteiger partial charge in [-0.2, -0.15) is 0 Å². The highest BCUT2D eigenvalue weighted by Gasteiger charge is 2.17. The van der Waals surface area contributed by atoms with E-state index in [9.17, 15) is 0 Å². The van der Waals surface area contributed by atoms with Crippen LogP contribution in [0.1, 0.15) is 22.3 Å². The molecule has 4 nitrogen and oxygen atoms in total. The Kier molecular flexibility index (Phi) is 12.6. The Bertz CT molecular complexity index is 2960. The lowest BCUT2D eigenvalue weighted by molar-refractivity contribution is 1.28. The van der Waals surface area contributed by atoms with Crippen molar-refractivity contribution in [1.29, 1.82) is 0 Å². The molecule has 0 unspecified atom stereocenters. The molecule has 0 fully saturated rings. The summed E-state index contributed by atoms with van der Waals surface area (Å²) < 4.78 is 1.78. The molecule has 10 rings (SSSR count). The summed E-state index contributed by atoms with van der Waals surface area (Å²) in [5.74, 6) is 0. The van der Waals surface area contributed by atoms with Crippen molar-refractivity contribution < 1.29 is 0 Å². The molecule has 9 aromatic carbocycles. The molecule has 0 amide bonds. The summed E-state index contributed by atoms with van der Waals surface area (Å²) >= 11 is 7.48. The zero-order valence-corrected chi connectivity index (χ0v) is 39.0. The zero-order chi connectivity index (χ0) is 44.7. The van der Waals surface area contributed by atoms with Gasteiger partial charge in [-0.25, -0.2) is 9.97 Å². The van der Waals surface area contributed by atoms with Gasteiger partial charge in [-0.1, -0.05) is 170 Å². The monoisotopic (exact) mass is 976 g/mol. The Morgan fingerprint density at radius 3 is 0.788 bits per heavy atom. The summed E-state index contributed by atoms with van der Waals surface area (Å²) in [5, 5.41) is 0. The molecule has 0 bridgehead atoms. The summed E-state index contributed by atoms with van der Waals surface area (Å²) in [6.45, 7) is 0. The quantitative estimate of drug-likeness (QED) is 0.114. The van der Waals surface area contributed by atoms with E-state index < -0.39 is 0 Å². The Labute approximate surface area is 402 Å². The van der Waals surface area contributed by atoms with Gasteiger partial charge >= 0.3 is 0 Å². The lowest BCUT2D eigenvalue weighted by Crippen LogP contribution is -2.09. The predicted molar refractivity (Wildman–Crippen MR) is 286 cm³/mol. The van der Waals surface area contributed by atoms with Crippen LogP contribution in [0, 0.1) is 0 Å². The van der Waals surface area contributed by atoms with Crippen molar-refractivity contribution >= 4 is 101 Å². The standard InChI is InChI=1S/C60H42Br2N4/c61-55-41-42-56(62)60-59(55)63-57(47-33-25-43(26-34-47)21-23-45-29-37-53(38-30-45)65(49-13-5-1-6-14-49)50-15-7-2-8-16-50)58(64-60)48-35-27-44(28-36-48)22-24-46-31-39-54(40-32-46)66(51-17-9-3-10-18-51)52-19-11-4-12-20-52/h1-42H/b23-21+,24-22+. The molecular weight excluding hydrogens is 936 g/mol. The molecule has 0 atom stereocenters. The van der Waals surface area contributed by atoms with Crippen LogP contribution in [0.3, 0.4) is 0 Å². The smallest absolute Gasteiger partial charge is 0.105 e. The molecule has 0 aliphatic heterocycles. The topological polar surface area (TPSA) is 32.3 Å². The maximum atomic E-state index is 5.25. The van der Waals surface area contributed by atoms with Crippen LogP contribution in [-0.2, 0) is 0 Å². The lowest BCUT2D eigenvalue weighted by Gasteiger charge is -2.25. The lowest BCUT2D eigenvalue weighted by atomic mass is 10.0. The Morgan fingerprint density at radius 1 is 0.273 bits per heavy atom.